The number of rotatable bonds is 8. The van der Waals surface area contributed by atoms with Gasteiger partial charge in [0.25, 0.3) is 5.91 Å². The van der Waals surface area contributed by atoms with Gasteiger partial charge in [-0.05, 0) is 43.2 Å². The summed E-state index contributed by atoms with van der Waals surface area (Å²) in [6.07, 6.45) is 2.74. The standard InChI is InChI=1S/C22H27N3O5S/c1-30-20-11-10-18(31(28,29)25-14-6-3-7-15-25)16-19(20)24-21(26)12-13-23-22(27)17-8-4-2-5-9-17/h2,4-5,8-11,16H,3,6-7,12-15H2,1H3,(H,23,27)(H,24,26). The summed E-state index contributed by atoms with van der Waals surface area (Å²) in [7, 11) is -2.19. The van der Waals surface area contributed by atoms with Crippen LogP contribution in [0.3, 0.4) is 0 Å². The van der Waals surface area contributed by atoms with Crippen molar-refractivity contribution in [2.24, 2.45) is 0 Å². The van der Waals surface area contributed by atoms with Crippen LogP contribution in [0.15, 0.2) is 53.4 Å². The minimum absolute atomic E-state index is 0.0326. The van der Waals surface area contributed by atoms with Crippen molar-refractivity contribution in [1.29, 1.82) is 0 Å². The van der Waals surface area contributed by atoms with Gasteiger partial charge in [-0.1, -0.05) is 24.6 Å². The normalized spacial score (nSPS) is 14.6. The van der Waals surface area contributed by atoms with Gasteiger partial charge in [-0.3, -0.25) is 9.59 Å². The van der Waals surface area contributed by atoms with E-state index in [4.69, 9.17) is 4.74 Å². The zero-order valence-electron chi connectivity index (χ0n) is 17.5. The number of anilines is 1. The Morgan fingerprint density at radius 1 is 1.03 bits per heavy atom. The average Bonchev–Trinajstić information content (AvgIpc) is 2.80. The molecule has 0 unspecified atom stereocenters. The molecule has 1 aliphatic heterocycles. The fraction of sp³-hybridized carbons (Fsp3) is 0.364. The number of piperidine rings is 1. The van der Waals surface area contributed by atoms with Crippen LogP contribution < -0.4 is 15.4 Å². The number of methoxy groups -OCH3 is 1. The Kier molecular flexibility index (Phi) is 7.64. The molecule has 2 aromatic carbocycles. The van der Waals surface area contributed by atoms with Crippen molar-refractivity contribution in [1.82, 2.24) is 9.62 Å². The summed E-state index contributed by atoms with van der Waals surface area (Å²) < 4.78 is 32.6. The first-order valence-corrected chi connectivity index (χ1v) is 11.7. The predicted molar refractivity (Wildman–Crippen MR) is 118 cm³/mol. The number of ether oxygens (including phenoxy) is 1. The summed E-state index contributed by atoms with van der Waals surface area (Å²) in [5.41, 5.74) is 0.792. The topological polar surface area (TPSA) is 105 Å². The first-order valence-electron chi connectivity index (χ1n) is 10.2. The van der Waals surface area contributed by atoms with E-state index in [0.29, 0.717) is 24.4 Å². The minimum atomic E-state index is -3.63. The molecule has 2 N–H and O–H groups in total. The van der Waals surface area contributed by atoms with Crippen LogP contribution in [0.1, 0.15) is 36.0 Å². The van der Waals surface area contributed by atoms with Crippen molar-refractivity contribution in [3.63, 3.8) is 0 Å². The van der Waals surface area contributed by atoms with Crippen molar-refractivity contribution in [2.45, 2.75) is 30.6 Å². The average molecular weight is 446 g/mol. The maximum Gasteiger partial charge on any atom is 0.251 e. The van der Waals surface area contributed by atoms with E-state index < -0.39 is 10.0 Å². The van der Waals surface area contributed by atoms with Crippen molar-refractivity contribution >= 4 is 27.5 Å². The lowest BCUT2D eigenvalue weighted by molar-refractivity contribution is -0.116. The van der Waals surface area contributed by atoms with E-state index in [9.17, 15) is 18.0 Å². The van der Waals surface area contributed by atoms with E-state index >= 15 is 0 Å². The second-order valence-corrected chi connectivity index (χ2v) is 9.18. The van der Waals surface area contributed by atoms with Gasteiger partial charge in [-0.25, -0.2) is 8.42 Å². The molecule has 0 spiro atoms. The number of carbonyl (C=O) groups excluding carboxylic acids is 2. The molecular formula is C22H27N3O5S. The molecule has 1 fully saturated rings. The number of sulfonamides is 1. The van der Waals surface area contributed by atoms with Gasteiger partial charge < -0.3 is 15.4 Å². The van der Waals surface area contributed by atoms with E-state index in [1.54, 1.807) is 24.3 Å². The molecular weight excluding hydrogens is 418 g/mol. The third kappa shape index (κ3) is 5.83. The highest BCUT2D eigenvalue weighted by molar-refractivity contribution is 7.89. The van der Waals surface area contributed by atoms with Crippen molar-refractivity contribution in [3.05, 3.63) is 54.1 Å². The maximum atomic E-state index is 12.9. The number of benzene rings is 2. The zero-order valence-corrected chi connectivity index (χ0v) is 18.3. The summed E-state index contributed by atoms with van der Waals surface area (Å²) in [5, 5.41) is 5.38. The summed E-state index contributed by atoms with van der Waals surface area (Å²) in [5.74, 6) is -0.265. The van der Waals surface area contributed by atoms with Gasteiger partial charge in [-0.2, -0.15) is 4.31 Å². The first kappa shape index (κ1) is 22.8. The van der Waals surface area contributed by atoms with Crippen LogP contribution >= 0.6 is 0 Å². The van der Waals surface area contributed by atoms with Gasteiger partial charge in [0.2, 0.25) is 15.9 Å². The molecule has 0 atom stereocenters. The van der Waals surface area contributed by atoms with Crippen molar-refractivity contribution < 1.29 is 22.7 Å². The monoisotopic (exact) mass is 445 g/mol. The van der Waals surface area contributed by atoms with Crippen LogP contribution in [-0.4, -0.2) is 51.3 Å². The molecule has 31 heavy (non-hydrogen) atoms. The van der Waals surface area contributed by atoms with Crippen LogP contribution in [0.2, 0.25) is 0 Å². The van der Waals surface area contributed by atoms with E-state index in [1.165, 1.54) is 29.6 Å². The predicted octanol–water partition coefficient (Wildman–Crippen LogP) is 2.63. The quantitative estimate of drug-likeness (QED) is 0.650. The highest BCUT2D eigenvalue weighted by atomic mass is 32.2. The number of hydrogen-bond donors (Lipinski definition) is 2. The Morgan fingerprint density at radius 2 is 1.74 bits per heavy atom. The summed E-state index contributed by atoms with van der Waals surface area (Å²) in [6.45, 7) is 1.14. The lowest BCUT2D eigenvalue weighted by Crippen LogP contribution is -2.35. The Hall–Kier alpha value is -2.91. The molecule has 2 aromatic rings. The second kappa shape index (κ2) is 10.4. The lowest BCUT2D eigenvalue weighted by Gasteiger charge is -2.26. The molecule has 3 rings (SSSR count). The van der Waals surface area contributed by atoms with Gasteiger partial charge in [0.1, 0.15) is 5.75 Å². The Bertz CT molecular complexity index is 1020. The van der Waals surface area contributed by atoms with Crippen LogP contribution in [0, 0.1) is 0 Å². The molecule has 1 saturated heterocycles. The molecule has 166 valence electrons. The smallest absolute Gasteiger partial charge is 0.251 e. The van der Waals surface area contributed by atoms with E-state index in [1.807, 2.05) is 6.07 Å². The van der Waals surface area contributed by atoms with Crippen molar-refractivity contribution in [3.8, 4) is 5.75 Å². The highest BCUT2D eigenvalue weighted by Gasteiger charge is 2.27. The fourth-order valence-electron chi connectivity index (χ4n) is 3.39. The third-order valence-electron chi connectivity index (χ3n) is 5.07. The highest BCUT2D eigenvalue weighted by Crippen LogP contribution is 2.30. The zero-order chi connectivity index (χ0) is 22.3. The first-order chi connectivity index (χ1) is 14.9. The van der Waals surface area contributed by atoms with Gasteiger partial charge in [0.15, 0.2) is 0 Å². The summed E-state index contributed by atoms with van der Waals surface area (Å²) >= 11 is 0. The number of carbonyl (C=O) groups is 2. The largest absolute Gasteiger partial charge is 0.495 e. The molecule has 0 radical (unpaired) electrons. The molecule has 8 nitrogen and oxygen atoms in total. The molecule has 1 heterocycles. The van der Waals surface area contributed by atoms with E-state index in [0.717, 1.165) is 19.3 Å². The Morgan fingerprint density at radius 3 is 2.42 bits per heavy atom. The second-order valence-electron chi connectivity index (χ2n) is 7.25. The van der Waals surface area contributed by atoms with Gasteiger partial charge >= 0.3 is 0 Å². The van der Waals surface area contributed by atoms with Gasteiger partial charge in [0, 0.05) is 31.6 Å². The van der Waals surface area contributed by atoms with Crippen LogP contribution in [0.4, 0.5) is 5.69 Å². The molecule has 2 amide bonds. The maximum absolute atomic E-state index is 12.9. The minimum Gasteiger partial charge on any atom is -0.495 e. The van der Waals surface area contributed by atoms with Gasteiger partial charge in [-0.15, -0.1) is 0 Å². The van der Waals surface area contributed by atoms with E-state index in [2.05, 4.69) is 10.6 Å². The van der Waals surface area contributed by atoms with Gasteiger partial charge in [0.05, 0.1) is 17.7 Å². The summed E-state index contributed by atoms with van der Waals surface area (Å²) in [4.78, 5) is 24.6. The Labute approximate surface area is 182 Å². The number of nitrogens with one attached hydrogen (secondary N) is 2. The molecule has 0 aliphatic carbocycles. The molecule has 0 saturated carbocycles. The lowest BCUT2D eigenvalue weighted by atomic mass is 10.2. The number of hydrogen-bond acceptors (Lipinski definition) is 5. The van der Waals surface area contributed by atoms with Crippen molar-refractivity contribution in [2.75, 3.05) is 32.1 Å². The number of amides is 2. The Balaban J connectivity index is 1.63. The van der Waals surface area contributed by atoms with Crippen LogP contribution in [0.25, 0.3) is 0 Å². The molecule has 0 bridgehead atoms. The molecule has 1 aliphatic rings. The summed E-state index contributed by atoms with van der Waals surface area (Å²) in [6, 6.07) is 13.2. The van der Waals surface area contributed by atoms with Crippen LogP contribution in [0.5, 0.6) is 5.75 Å². The fourth-order valence-corrected chi connectivity index (χ4v) is 4.94. The number of nitrogens with zero attached hydrogens (tertiary/aromatic N) is 1. The van der Waals surface area contributed by atoms with Crippen LogP contribution in [-0.2, 0) is 14.8 Å². The molecule has 9 heteroatoms. The third-order valence-corrected chi connectivity index (χ3v) is 6.97. The molecule has 0 aromatic heterocycles. The SMILES string of the molecule is COc1ccc(S(=O)(=O)N2CCCCC2)cc1NC(=O)CCNC(=O)c1ccccc1. The van der Waals surface area contributed by atoms with E-state index in [-0.39, 0.29) is 35.4 Å².